The Morgan fingerprint density at radius 1 is 1.20 bits per heavy atom. The molecule has 4 saturated heterocycles. The molecule has 5 atom stereocenters. The molecule has 0 unspecified atom stereocenters. The molecule has 4 fully saturated rings. The maximum absolute atomic E-state index is 12.8. The Morgan fingerprint density at radius 3 is 2.44 bits per heavy atom. The van der Waals surface area contributed by atoms with Gasteiger partial charge in [-0.1, -0.05) is 6.92 Å². The fourth-order valence-corrected chi connectivity index (χ4v) is 3.88. The third-order valence-corrected chi connectivity index (χ3v) is 5.32. The van der Waals surface area contributed by atoms with Crippen LogP contribution in [0.5, 0.6) is 0 Å². The molecule has 0 radical (unpaired) electrons. The van der Waals surface area contributed by atoms with Crippen LogP contribution >= 0.6 is 0 Å². The van der Waals surface area contributed by atoms with E-state index in [9.17, 15) is 19.8 Å². The van der Waals surface area contributed by atoms with Crippen molar-refractivity contribution in [3.05, 3.63) is 0 Å². The highest BCUT2D eigenvalue weighted by atomic mass is 16.8. The first-order valence-corrected chi connectivity index (χ1v) is 8.53. The molecule has 2 amide bonds. The Labute approximate surface area is 146 Å². The van der Waals surface area contributed by atoms with Gasteiger partial charge in [-0.15, -0.1) is 0 Å². The van der Waals surface area contributed by atoms with E-state index in [1.54, 1.807) is 20.8 Å². The van der Waals surface area contributed by atoms with Gasteiger partial charge in [0.15, 0.2) is 5.79 Å². The summed E-state index contributed by atoms with van der Waals surface area (Å²) in [6, 6.07) is 0. The van der Waals surface area contributed by atoms with E-state index in [-0.39, 0.29) is 13.2 Å². The zero-order valence-electron chi connectivity index (χ0n) is 14.9. The number of amides is 2. The molecule has 25 heavy (non-hydrogen) atoms. The molecule has 2 bridgehead atoms. The Morgan fingerprint density at radius 2 is 1.88 bits per heavy atom. The SMILES string of the molecule is CC[C@@H]1CCO[C@]2([C@H](O)[C@]3(C)COC(C)(C)O3)NC(=O)[C@@]1(O)NC2=O. The summed E-state index contributed by atoms with van der Waals surface area (Å²) in [5.41, 5.74) is -5.36. The number of hydrogen-bond donors (Lipinski definition) is 4. The van der Waals surface area contributed by atoms with E-state index >= 15 is 0 Å². The van der Waals surface area contributed by atoms with E-state index in [1.165, 1.54) is 0 Å². The molecule has 0 aromatic carbocycles. The second-order valence-corrected chi connectivity index (χ2v) is 7.66. The molecular weight excluding hydrogens is 332 g/mol. The summed E-state index contributed by atoms with van der Waals surface area (Å²) < 4.78 is 17.0. The van der Waals surface area contributed by atoms with Crippen LogP contribution < -0.4 is 10.6 Å². The largest absolute Gasteiger partial charge is 0.384 e. The first-order valence-electron chi connectivity index (χ1n) is 8.53. The summed E-state index contributed by atoms with van der Waals surface area (Å²) in [5, 5.41) is 26.4. The van der Waals surface area contributed by atoms with Crippen LogP contribution in [0.1, 0.15) is 40.5 Å². The second kappa shape index (κ2) is 5.62. The zero-order valence-corrected chi connectivity index (χ0v) is 14.9. The molecule has 4 heterocycles. The zero-order chi connectivity index (χ0) is 18.7. The molecule has 4 N–H and O–H groups in total. The molecule has 0 saturated carbocycles. The Kier molecular flexibility index (Phi) is 4.16. The highest BCUT2D eigenvalue weighted by Gasteiger charge is 2.66. The number of nitrogens with one attached hydrogen (secondary N) is 2. The lowest BCUT2D eigenvalue weighted by atomic mass is 9.81. The van der Waals surface area contributed by atoms with Crippen molar-refractivity contribution in [3.63, 3.8) is 0 Å². The third-order valence-electron chi connectivity index (χ3n) is 5.32. The van der Waals surface area contributed by atoms with Crippen LogP contribution in [-0.4, -0.2) is 64.2 Å². The predicted octanol–water partition coefficient (Wildman–Crippen LogP) is -1.03. The summed E-state index contributed by atoms with van der Waals surface area (Å²) in [6.07, 6.45) is -0.714. The second-order valence-electron chi connectivity index (χ2n) is 7.66. The van der Waals surface area contributed by atoms with Gasteiger partial charge in [-0.05, 0) is 33.6 Å². The number of aliphatic hydroxyl groups excluding tert-OH is 1. The molecular formula is C16H26N2O7. The quantitative estimate of drug-likeness (QED) is 0.508. The molecule has 4 aliphatic heterocycles. The third kappa shape index (κ3) is 2.65. The average molecular weight is 358 g/mol. The predicted molar refractivity (Wildman–Crippen MR) is 83.8 cm³/mol. The van der Waals surface area contributed by atoms with Gasteiger partial charge >= 0.3 is 0 Å². The van der Waals surface area contributed by atoms with Gasteiger partial charge in [-0.2, -0.15) is 0 Å². The molecule has 9 nitrogen and oxygen atoms in total. The smallest absolute Gasteiger partial charge is 0.278 e. The van der Waals surface area contributed by atoms with E-state index in [0.29, 0.717) is 12.8 Å². The van der Waals surface area contributed by atoms with Gasteiger partial charge in [0.05, 0.1) is 13.2 Å². The van der Waals surface area contributed by atoms with Crippen molar-refractivity contribution >= 4 is 11.8 Å². The lowest BCUT2D eigenvalue weighted by Gasteiger charge is -2.51. The van der Waals surface area contributed by atoms with Gasteiger partial charge in [0.1, 0.15) is 11.7 Å². The van der Waals surface area contributed by atoms with Crippen LogP contribution in [0.25, 0.3) is 0 Å². The van der Waals surface area contributed by atoms with E-state index in [2.05, 4.69) is 10.6 Å². The molecule has 0 aromatic heterocycles. The highest BCUT2D eigenvalue weighted by Crippen LogP contribution is 2.40. The fourth-order valence-electron chi connectivity index (χ4n) is 3.88. The van der Waals surface area contributed by atoms with E-state index in [4.69, 9.17) is 14.2 Å². The summed E-state index contributed by atoms with van der Waals surface area (Å²) in [4.78, 5) is 25.4. The number of carbonyl (C=O) groups is 2. The van der Waals surface area contributed by atoms with Gasteiger partial charge < -0.3 is 35.1 Å². The van der Waals surface area contributed by atoms with Crippen LogP contribution in [0.15, 0.2) is 0 Å². The lowest BCUT2D eigenvalue weighted by molar-refractivity contribution is -0.248. The van der Waals surface area contributed by atoms with Crippen molar-refractivity contribution < 1.29 is 34.0 Å². The Hall–Kier alpha value is -1.26. The van der Waals surface area contributed by atoms with Crippen molar-refractivity contribution in [1.82, 2.24) is 10.6 Å². The molecule has 0 aliphatic carbocycles. The molecule has 0 spiro atoms. The number of aliphatic hydroxyl groups is 2. The number of carbonyl (C=O) groups excluding carboxylic acids is 2. The number of ether oxygens (including phenoxy) is 3. The minimum Gasteiger partial charge on any atom is -0.384 e. The summed E-state index contributed by atoms with van der Waals surface area (Å²) in [5.74, 6) is -3.06. The van der Waals surface area contributed by atoms with Gasteiger partial charge in [0, 0.05) is 5.92 Å². The van der Waals surface area contributed by atoms with Crippen LogP contribution in [0.2, 0.25) is 0 Å². The molecule has 4 rings (SSSR count). The van der Waals surface area contributed by atoms with Crippen molar-refractivity contribution in [3.8, 4) is 0 Å². The van der Waals surface area contributed by atoms with Crippen LogP contribution in [-0.2, 0) is 23.8 Å². The number of fused-ring (bicyclic) bond motifs is 5. The first kappa shape index (κ1) is 18.5. The standard InChI is InChI=1S/C16H26N2O7/c1-5-9-6-7-23-16(12(21)17-15(9,22)11(20)18-16)10(19)14(4)8-24-13(2,3)25-14/h9-10,19,22H,5-8H2,1-4H3,(H,17,21)(H,18,20)/t9-,10-,14+,15-,16+/m1/s1. The van der Waals surface area contributed by atoms with Crippen molar-refractivity contribution in [2.24, 2.45) is 5.92 Å². The van der Waals surface area contributed by atoms with Crippen LogP contribution in [0.3, 0.4) is 0 Å². The number of rotatable bonds is 3. The normalized spacial score (nSPS) is 44.6. The minimum absolute atomic E-state index is 0.0112. The summed E-state index contributed by atoms with van der Waals surface area (Å²) in [7, 11) is 0. The maximum atomic E-state index is 12.8. The van der Waals surface area contributed by atoms with Gasteiger partial charge in [-0.25, -0.2) is 0 Å². The molecule has 142 valence electrons. The Bertz CT molecular complexity index is 597. The van der Waals surface area contributed by atoms with E-state index in [0.717, 1.165) is 0 Å². The van der Waals surface area contributed by atoms with Crippen LogP contribution in [0, 0.1) is 5.92 Å². The van der Waals surface area contributed by atoms with Gasteiger partial charge in [-0.3, -0.25) is 9.59 Å². The topological polar surface area (TPSA) is 126 Å². The monoisotopic (exact) mass is 358 g/mol. The minimum atomic E-state index is -2.06. The van der Waals surface area contributed by atoms with Crippen molar-refractivity contribution in [1.29, 1.82) is 0 Å². The lowest BCUT2D eigenvalue weighted by Crippen LogP contribution is -2.83. The number of piperazine rings is 1. The van der Waals surface area contributed by atoms with E-state index < -0.39 is 46.7 Å². The first-order chi connectivity index (χ1) is 11.5. The summed E-state index contributed by atoms with van der Waals surface area (Å²) >= 11 is 0. The van der Waals surface area contributed by atoms with E-state index in [1.807, 2.05) is 6.92 Å². The fraction of sp³-hybridized carbons (Fsp3) is 0.875. The molecule has 0 aromatic rings. The Balaban J connectivity index is 1.96. The van der Waals surface area contributed by atoms with Crippen LogP contribution in [0.4, 0.5) is 0 Å². The van der Waals surface area contributed by atoms with Gasteiger partial charge in [0.25, 0.3) is 17.5 Å². The average Bonchev–Trinajstić information content (AvgIpc) is 2.81. The maximum Gasteiger partial charge on any atom is 0.278 e. The van der Waals surface area contributed by atoms with Crippen molar-refractivity contribution in [2.45, 2.75) is 69.5 Å². The summed E-state index contributed by atoms with van der Waals surface area (Å²) in [6.45, 7) is 6.87. The highest BCUT2D eigenvalue weighted by molar-refractivity contribution is 6.01. The van der Waals surface area contributed by atoms with Crippen molar-refractivity contribution in [2.75, 3.05) is 13.2 Å². The number of hydrogen-bond acceptors (Lipinski definition) is 7. The molecule has 4 aliphatic rings. The molecule has 9 heteroatoms. The van der Waals surface area contributed by atoms with Gasteiger partial charge in [0.2, 0.25) is 5.72 Å².